The van der Waals surface area contributed by atoms with Crippen LogP contribution < -0.4 is 17.2 Å². The second-order valence-corrected chi connectivity index (χ2v) is 15.2. The number of carbonyl (C=O) groups excluding carboxylic acids is 1. The zero-order valence-corrected chi connectivity index (χ0v) is 33.0. The number of quaternary nitrogens is 1. The minimum Gasteiger partial charge on any atom is -0.744 e. The number of rotatable bonds is 9. The maximum Gasteiger partial charge on any atom is 0.416 e. The summed E-state index contributed by atoms with van der Waals surface area (Å²) in [6.45, 7) is 10.4. The van der Waals surface area contributed by atoms with Gasteiger partial charge in [0.25, 0.3) is 0 Å². The van der Waals surface area contributed by atoms with Gasteiger partial charge >= 0.3 is 17.9 Å². The van der Waals surface area contributed by atoms with Crippen LogP contribution in [0.1, 0.15) is 70.4 Å². The summed E-state index contributed by atoms with van der Waals surface area (Å²) in [5.41, 5.74) is 3.13. The predicted octanol–water partition coefficient (Wildman–Crippen LogP) is 7.77. The van der Waals surface area contributed by atoms with E-state index in [1.54, 1.807) is 56.3 Å². The fourth-order valence-corrected chi connectivity index (χ4v) is 7.68. The molecule has 0 aliphatic heterocycles. The molecule has 17 heteroatoms. The number of halogens is 3. The molecule has 0 fully saturated rings. The van der Waals surface area contributed by atoms with E-state index in [4.69, 9.17) is 0 Å². The Kier molecular flexibility index (Phi) is 11.6. The van der Waals surface area contributed by atoms with Crippen molar-refractivity contribution in [1.29, 1.82) is 5.26 Å². The van der Waals surface area contributed by atoms with Crippen molar-refractivity contribution in [3.05, 3.63) is 140 Å². The van der Waals surface area contributed by atoms with E-state index in [0.717, 1.165) is 26.8 Å². The van der Waals surface area contributed by atoms with Crippen molar-refractivity contribution in [2.75, 3.05) is 0 Å². The average Bonchev–Trinajstić information content (AvgIpc) is 3.87. The molecule has 0 saturated heterocycles. The monoisotopic (exact) mass is 802 g/mol. The summed E-state index contributed by atoms with van der Waals surface area (Å²) in [6, 6.07) is 17.6. The van der Waals surface area contributed by atoms with Crippen LogP contribution >= 0.6 is 0 Å². The van der Waals surface area contributed by atoms with Crippen LogP contribution in [0.5, 0.6) is 0 Å². The number of aromatic amines is 1. The first-order valence-corrected chi connectivity index (χ1v) is 18.8. The van der Waals surface area contributed by atoms with Gasteiger partial charge in [-0.2, -0.15) is 23.5 Å². The second-order valence-electron chi connectivity index (χ2n) is 13.9. The van der Waals surface area contributed by atoms with Crippen molar-refractivity contribution in [1.82, 2.24) is 35.4 Å². The molecule has 298 valence electrons. The van der Waals surface area contributed by atoms with Gasteiger partial charge in [0, 0.05) is 17.8 Å². The molecular formula is C40H41F3N8O5S. The lowest BCUT2D eigenvalue weighted by atomic mass is 9.96. The number of aromatic nitrogens is 5. The first-order chi connectivity index (χ1) is 26.3. The highest BCUT2D eigenvalue weighted by Gasteiger charge is 2.33. The first kappa shape index (κ1) is 41.9. The van der Waals surface area contributed by atoms with Crippen LogP contribution in [-0.2, 0) is 22.7 Å². The summed E-state index contributed by atoms with van der Waals surface area (Å²) in [5.74, 6) is -0.249. The third kappa shape index (κ3) is 8.05. The van der Waals surface area contributed by atoms with E-state index in [1.165, 1.54) is 36.0 Å². The zero-order chi connectivity index (χ0) is 40.9. The average molecular weight is 803 g/mol. The zero-order valence-electron chi connectivity index (χ0n) is 32.2. The van der Waals surface area contributed by atoms with Crippen molar-refractivity contribution in [2.45, 2.75) is 65.1 Å². The van der Waals surface area contributed by atoms with Crippen LogP contribution in [0.3, 0.4) is 0 Å². The van der Waals surface area contributed by atoms with Gasteiger partial charge in [0.1, 0.15) is 15.8 Å². The standard InChI is InChI=1S/C40H38F3N7O5S.H3N/c1-22(2)36(33-15-12-30(46-33)18-28-19-35(56(53,54)55)25(5)23(3)24(28)4)47-38(51)49-37(34-16-17-45-50(34)31-13-10-27(21-44)11-14-31)26(6)48(39(49)52)32-9-7-8-29(20-32)40(41,42)43;/h7-17,19-20,22,36,46H,18H2,1-6H3,(H,47,51)(H,53,54,55);1H3/t36-;/m0./s1. The molecule has 13 nitrogen and oxygen atoms in total. The Morgan fingerprint density at radius 3 is 2.26 bits per heavy atom. The minimum absolute atomic E-state index is 0. The lowest BCUT2D eigenvalue weighted by molar-refractivity contribution is -0.137. The lowest BCUT2D eigenvalue weighted by Crippen LogP contribution is -2.40. The SMILES string of the molecule is Cc1c(Cc2ccc([C@@H](NC(=O)n3c(-c4ccnn4-c4ccc(C#N)cc4)c(C)n(-c4cccc(C(F)(F)F)c4)c3=O)C(C)C)[nH]2)cc(S(=O)(=O)[O-])c(C)c1C.[NH4+]. The van der Waals surface area contributed by atoms with Gasteiger partial charge in [0.2, 0.25) is 0 Å². The van der Waals surface area contributed by atoms with Crippen LogP contribution in [0.15, 0.2) is 88.7 Å². The highest BCUT2D eigenvalue weighted by atomic mass is 32.2. The Morgan fingerprint density at radius 1 is 0.965 bits per heavy atom. The number of alkyl halides is 3. The van der Waals surface area contributed by atoms with Crippen molar-refractivity contribution in [3.63, 3.8) is 0 Å². The van der Waals surface area contributed by atoms with Gasteiger partial charge in [0.05, 0.1) is 57.1 Å². The van der Waals surface area contributed by atoms with Gasteiger partial charge < -0.3 is 21.0 Å². The van der Waals surface area contributed by atoms with E-state index >= 15 is 0 Å². The highest BCUT2D eigenvalue weighted by molar-refractivity contribution is 7.85. The van der Waals surface area contributed by atoms with Gasteiger partial charge in [-0.05, 0) is 123 Å². The molecule has 3 heterocycles. The van der Waals surface area contributed by atoms with Gasteiger partial charge in [-0.1, -0.05) is 19.9 Å². The van der Waals surface area contributed by atoms with E-state index < -0.39 is 39.6 Å². The largest absolute Gasteiger partial charge is 0.744 e. The van der Waals surface area contributed by atoms with E-state index in [2.05, 4.69) is 15.4 Å². The third-order valence-corrected chi connectivity index (χ3v) is 11.0. The topological polar surface area (TPSA) is 207 Å². The molecular weight excluding hydrogens is 762 g/mol. The Balaban J connectivity index is 0.00000620. The number of carbonyl (C=O) groups is 1. The number of nitrogens with zero attached hydrogens (tertiary/aromatic N) is 5. The van der Waals surface area contributed by atoms with E-state index in [9.17, 15) is 41.0 Å². The summed E-state index contributed by atoms with van der Waals surface area (Å²) in [5, 5.41) is 16.6. The Bertz CT molecular complexity index is 2700. The van der Waals surface area contributed by atoms with Crippen LogP contribution in [0.2, 0.25) is 0 Å². The van der Waals surface area contributed by atoms with Crippen LogP contribution in [0, 0.1) is 44.9 Å². The Hall–Kier alpha value is -6.22. The van der Waals surface area contributed by atoms with Gasteiger partial charge in [-0.25, -0.2) is 27.3 Å². The quantitative estimate of drug-likeness (QED) is 0.124. The van der Waals surface area contributed by atoms with Crippen LogP contribution in [0.25, 0.3) is 22.8 Å². The normalized spacial score (nSPS) is 12.3. The molecule has 3 aromatic heterocycles. The predicted molar refractivity (Wildman–Crippen MR) is 207 cm³/mol. The smallest absolute Gasteiger partial charge is 0.416 e. The van der Waals surface area contributed by atoms with Crippen molar-refractivity contribution >= 4 is 16.1 Å². The summed E-state index contributed by atoms with van der Waals surface area (Å²) in [4.78, 5) is 31.8. The van der Waals surface area contributed by atoms with Gasteiger partial charge in [-0.15, -0.1) is 0 Å². The summed E-state index contributed by atoms with van der Waals surface area (Å²) in [7, 11) is -4.72. The molecule has 1 amide bonds. The summed E-state index contributed by atoms with van der Waals surface area (Å²) in [6.07, 6.45) is -3.00. The van der Waals surface area contributed by atoms with Gasteiger partial charge in [0.15, 0.2) is 0 Å². The molecule has 6 rings (SSSR count). The molecule has 1 atom stereocenters. The second kappa shape index (κ2) is 15.7. The summed E-state index contributed by atoms with van der Waals surface area (Å²) >= 11 is 0. The molecule has 6 aromatic rings. The molecule has 0 spiro atoms. The number of nitriles is 1. The number of nitrogens with one attached hydrogen (secondary N) is 2. The molecule has 0 aliphatic carbocycles. The number of H-pyrrole nitrogens is 1. The number of hydrogen-bond donors (Lipinski definition) is 3. The number of amides is 1. The van der Waals surface area contributed by atoms with Crippen LogP contribution in [0.4, 0.5) is 18.0 Å². The number of benzene rings is 3. The van der Waals surface area contributed by atoms with Gasteiger partial charge in [-0.3, -0.25) is 4.57 Å². The molecule has 6 N–H and O–H groups in total. The van der Waals surface area contributed by atoms with Crippen molar-refractivity contribution < 1.29 is 30.9 Å². The third-order valence-electron chi connectivity index (χ3n) is 10.0. The molecule has 0 saturated carbocycles. The van der Waals surface area contributed by atoms with E-state index in [1.807, 2.05) is 26.8 Å². The molecule has 0 unspecified atom stereocenters. The first-order valence-electron chi connectivity index (χ1n) is 17.4. The molecule has 3 aromatic carbocycles. The molecule has 0 bridgehead atoms. The summed E-state index contributed by atoms with van der Waals surface area (Å²) < 4.78 is 80.8. The van der Waals surface area contributed by atoms with E-state index in [-0.39, 0.29) is 46.2 Å². The maximum atomic E-state index is 14.5. The Labute approximate surface area is 326 Å². The molecule has 0 radical (unpaired) electrons. The number of imidazole rings is 1. The molecule has 57 heavy (non-hydrogen) atoms. The van der Waals surface area contributed by atoms with E-state index in [0.29, 0.717) is 39.3 Å². The van der Waals surface area contributed by atoms with Crippen molar-refractivity contribution in [2.24, 2.45) is 5.92 Å². The highest BCUT2D eigenvalue weighted by Crippen LogP contribution is 2.33. The fourth-order valence-electron chi connectivity index (χ4n) is 6.86. The maximum absolute atomic E-state index is 14.5. The fraction of sp³-hybridized carbons (Fsp3) is 0.250. The van der Waals surface area contributed by atoms with Crippen molar-refractivity contribution in [3.8, 4) is 28.8 Å². The minimum atomic E-state index is -4.72. The number of hydrogen-bond acceptors (Lipinski definition) is 7. The lowest BCUT2D eigenvalue weighted by Gasteiger charge is -2.22. The Morgan fingerprint density at radius 2 is 1.65 bits per heavy atom. The van der Waals surface area contributed by atoms with Crippen LogP contribution in [-0.4, -0.2) is 42.9 Å². The molecule has 0 aliphatic rings.